The average Bonchev–Trinajstić information content (AvgIpc) is 2.67. The average molecular weight is 492 g/mol. The van der Waals surface area contributed by atoms with Gasteiger partial charge in [-0.1, -0.05) is 70.4 Å². The molecule has 0 unspecified atom stereocenters. The van der Waals surface area contributed by atoms with Crippen LogP contribution in [0, 0.1) is 0 Å². The van der Waals surface area contributed by atoms with Gasteiger partial charge in [-0.25, -0.2) is 4.79 Å². The summed E-state index contributed by atoms with van der Waals surface area (Å²) in [6, 6.07) is -1.12. The SMILES string of the molecule is CCCCCCCC/C=C\CCCCCCCC(=O)N[C@@H](CCC(=O)O)C(=O)O.[KH].[KH]. The summed E-state index contributed by atoms with van der Waals surface area (Å²) in [7, 11) is 0. The first-order valence-corrected chi connectivity index (χ1v) is 11.4. The van der Waals surface area contributed by atoms with Crippen molar-refractivity contribution in [1.82, 2.24) is 5.32 Å². The summed E-state index contributed by atoms with van der Waals surface area (Å²) >= 11 is 0. The molecule has 8 heteroatoms. The van der Waals surface area contributed by atoms with Crippen molar-refractivity contribution in [3.05, 3.63) is 12.2 Å². The molecule has 1 amide bonds. The van der Waals surface area contributed by atoms with E-state index in [1.807, 2.05) is 0 Å². The maximum atomic E-state index is 11.8. The molecular weight excluding hydrogens is 448 g/mol. The number of aliphatic carboxylic acids is 2. The van der Waals surface area contributed by atoms with E-state index < -0.39 is 18.0 Å². The monoisotopic (exact) mass is 491 g/mol. The van der Waals surface area contributed by atoms with Gasteiger partial charge in [0.05, 0.1) is 0 Å². The van der Waals surface area contributed by atoms with Crippen LogP contribution < -0.4 is 5.32 Å². The summed E-state index contributed by atoms with van der Waals surface area (Å²) in [5.74, 6) is -2.58. The van der Waals surface area contributed by atoms with Gasteiger partial charge in [-0.15, -0.1) is 0 Å². The zero-order valence-electron chi connectivity index (χ0n) is 18.2. The number of hydrogen-bond acceptors (Lipinski definition) is 3. The van der Waals surface area contributed by atoms with Crippen LogP contribution in [0.15, 0.2) is 12.2 Å². The Balaban J connectivity index is -0.00000392. The molecule has 0 saturated heterocycles. The number of nitrogens with one attached hydrogen (secondary N) is 1. The fourth-order valence-electron chi connectivity index (χ4n) is 3.15. The van der Waals surface area contributed by atoms with Crippen LogP contribution in [-0.2, 0) is 14.4 Å². The van der Waals surface area contributed by atoms with E-state index in [4.69, 9.17) is 10.2 Å². The quantitative estimate of drug-likeness (QED) is 0.135. The normalized spacial score (nSPS) is 11.4. The van der Waals surface area contributed by atoms with E-state index in [-0.39, 0.29) is 128 Å². The molecule has 0 aromatic rings. The third-order valence-electron chi connectivity index (χ3n) is 4.95. The van der Waals surface area contributed by atoms with Gasteiger partial charge in [0.25, 0.3) is 0 Å². The van der Waals surface area contributed by atoms with E-state index in [2.05, 4.69) is 24.4 Å². The van der Waals surface area contributed by atoms with Gasteiger partial charge in [-0.05, 0) is 38.5 Å². The molecule has 0 fully saturated rings. The summed E-state index contributed by atoms with van der Waals surface area (Å²) in [5, 5.41) is 20.1. The van der Waals surface area contributed by atoms with Crippen LogP contribution >= 0.6 is 0 Å². The van der Waals surface area contributed by atoms with Crippen LogP contribution in [0.2, 0.25) is 0 Å². The number of rotatable bonds is 20. The van der Waals surface area contributed by atoms with Gasteiger partial charge >= 0.3 is 115 Å². The number of carbonyl (C=O) groups excluding carboxylic acids is 1. The Hall–Kier alpha value is 1.42. The first kappa shape index (κ1) is 37.0. The van der Waals surface area contributed by atoms with Crippen LogP contribution in [0.1, 0.15) is 110 Å². The summed E-state index contributed by atoms with van der Waals surface area (Å²) in [6.45, 7) is 2.24. The van der Waals surface area contributed by atoms with Gasteiger partial charge in [-0.3, -0.25) is 9.59 Å². The number of allylic oxidation sites excluding steroid dienone is 2. The molecule has 3 N–H and O–H groups in total. The Morgan fingerprint density at radius 1 is 0.742 bits per heavy atom. The molecule has 0 rings (SSSR count). The van der Waals surface area contributed by atoms with Gasteiger partial charge in [0.15, 0.2) is 0 Å². The van der Waals surface area contributed by atoms with Crippen molar-refractivity contribution in [3.8, 4) is 0 Å². The molecule has 0 spiro atoms. The molecule has 172 valence electrons. The zero-order valence-corrected chi connectivity index (χ0v) is 18.2. The summed E-state index contributed by atoms with van der Waals surface area (Å²) in [4.78, 5) is 33.4. The van der Waals surface area contributed by atoms with Crippen molar-refractivity contribution >= 4 is 121 Å². The predicted octanol–water partition coefficient (Wildman–Crippen LogP) is 4.16. The van der Waals surface area contributed by atoms with Crippen LogP contribution in [0.5, 0.6) is 0 Å². The minimum absolute atomic E-state index is 0. The van der Waals surface area contributed by atoms with Gasteiger partial charge < -0.3 is 15.5 Å². The van der Waals surface area contributed by atoms with Crippen molar-refractivity contribution in [2.45, 2.75) is 116 Å². The van der Waals surface area contributed by atoms with Crippen molar-refractivity contribution in [1.29, 1.82) is 0 Å². The standard InChI is InChI=1S/C23H41NO5.2K.2H/c1-2-3-4-5-6-7-8-9-10-11-12-13-14-15-16-17-21(25)24-20(23(28)29)18-19-22(26)27;;;;/h9-10,20H,2-8,11-19H2,1H3,(H,24,25)(H,26,27)(H,28,29);;;;/b10-9-;;;;/t20-;;;;/m0..../s1. The molecule has 0 heterocycles. The molecule has 31 heavy (non-hydrogen) atoms. The number of carbonyl (C=O) groups is 3. The Morgan fingerprint density at radius 2 is 1.23 bits per heavy atom. The van der Waals surface area contributed by atoms with Crippen LogP contribution in [0.25, 0.3) is 0 Å². The van der Waals surface area contributed by atoms with Gasteiger partial charge in [0.2, 0.25) is 5.91 Å². The number of unbranched alkanes of at least 4 members (excludes halogenated alkanes) is 11. The van der Waals surface area contributed by atoms with Crippen molar-refractivity contribution in [2.75, 3.05) is 0 Å². The molecule has 0 radical (unpaired) electrons. The first-order valence-electron chi connectivity index (χ1n) is 11.4. The van der Waals surface area contributed by atoms with Crippen molar-refractivity contribution < 1.29 is 24.6 Å². The molecule has 1 atom stereocenters. The van der Waals surface area contributed by atoms with E-state index in [1.165, 1.54) is 44.9 Å². The van der Waals surface area contributed by atoms with Crippen molar-refractivity contribution in [2.24, 2.45) is 0 Å². The predicted molar refractivity (Wildman–Crippen MR) is 130 cm³/mol. The van der Waals surface area contributed by atoms with Crippen LogP contribution in [-0.4, -0.2) is 137 Å². The molecule has 0 saturated carbocycles. The number of carboxylic acid groups (broad SMARTS) is 2. The second-order valence-corrected chi connectivity index (χ2v) is 7.73. The van der Waals surface area contributed by atoms with Crippen molar-refractivity contribution in [3.63, 3.8) is 0 Å². The Bertz CT molecular complexity index is 487. The number of carboxylic acids is 2. The Labute approximate surface area is 274 Å². The molecule has 0 aliphatic heterocycles. The Morgan fingerprint density at radius 3 is 1.71 bits per heavy atom. The summed E-state index contributed by atoms with van der Waals surface area (Å²) in [6.07, 6.45) is 19.9. The van der Waals surface area contributed by atoms with E-state index in [0.29, 0.717) is 0 Å². The fraction of sp³-hybridized carbons (Fsp3) is 0.783. The van der Waals surface area contributed by atoms with Crippen LogP contribution in [0.4, 0.5) is 0 Å². The number of amides is 1. The van der Waals surface area contributed by atoms with Crippen LogP contribution in [0.3, 0.4) is 0 Å². The molecule has 6 nitrogen and oxygen atoms in total. The summed E-state index contributed by atoms with van der Waals surface area (Å²) in [5.41, 5.74) is 0. The van der Waals surface area contributed by atoms with Gasteiger partial charge in [0.1, 0.15) is 6.04 Å². The second-order valence-electron chi connectivity index (χ2n) is 7.73. The molecule has 0 aromatic carbocycles. The third-order valence-corrected chi connectivity index (χ3v) is 4.95. The number of hydrogen-bond donors (Lipinski definition) is 3. The maximum absolute atomic E-state index is 11.8. The topological polar surface area (TPSA) is 104 Å². The Kier molecular flexibility index (Phi) is 33.0. The van der Waals surface area contributed by atoms with Gasteiger partial charge in [-0.2, -0.15) is 0 Å². The molecule has 0 aliphatic rings. The van der Waals surface area contributed by atoms with E-state index in [9.17, 15) is 14.4 Å². The molecule has 0 aliphatic carbocycles. The summed E-state index contributed by atoms with van der Waals surface area (Å²) < 4.78 is 0. The van der Waals surface area contributed by atoms with E-state index in [0.717, 1.165) is 38.5 Å². The molecular formula is C23H43K2NO5. The van der Waals surface area contributed by atoms with E-state index >= 15 is 0 Å². The van der Waals surface area contributed by atoms with Gasteiger partial charge in [0, 0.05) is 12.8 Å². The zero-order chi connectivity index (χ0) is 21.7. The fourth-order valence-corrected chi connectivity index (χ4v) is 3.15. The second kappa shape index (κ2) is 27.7. The molecule has 0 aromatic heterocycles. The third kappa shape index (κ3) is 27.6. The molecule has 0 bridgehead atoms. The minimum atomic E-state index is -1.19. The van der Waals surface area contributed by atoms with E-state index in [1.54, 1.807) is 0 Å². The first-order chi connectivity index (χ1) is 14.0.